The Morgan fingerprint density at radius 2 is 1.86 bits per heavy atom. The SMILES string of the molecule is COc1ccc(C2(C)CSc3cc(C)ccc3C2=O)cc1. The molecule has 21 heavy (non-hydrogen) atoms. The van der Waals surface area contributed by atoms with E-state index < -0.39 is 5.41 Å². The van der Waals surface area contributed by atoms with E-state index >= 15 is 0 Å². The van der Waals surface area contributed by atoms with Crippen molar-refractivity contribution in [3.05, 3.63) is 59.2 Å². The number of fused-ring (bicyclic) bond motifs is 1. The van der Waals surface area contributed by atoms with Crippen molar-refractivity contribution in [1.29, 1.82) is 0 Å². The van der Waals surface area contributed by atoms with Gasteiger partial charge in [0.2, 0.25) is 0 Å². The highest BCUT2D eigenvalue weighted by Crippen LogP contribution is 2.42. The van der Waals surface area contributed by atoms with Crippen LogP contribution in [0, 0.1) is 6.92 Å². The van der Waals surface area contributed by atoms with Crippen molar-refractivity contribution in [2.45, 2.75) is 24.2 Å². The Kier molecular flexibility index (Phi) is 3.54. The van der Waals surface area contributed by atoms with E-state index in [2.05, 4.69) is 13.0 Å². The molecular formula is C18H18O2S. The quantitative estimate of drug-likeness (QED) is 0.829. The molecule has 1 aliphatic heterocycles. The summed E-state index contributed by atoms with van der Waals surface area (Å²) in [7, 11) is 1.65. The van der Waals surface area contributed by atoms with Crippen LogP contribution in [0.15, 0.2) is 47.4 Å². The van der Waals surface area contributed by atoms with Crippen LogP contribution < -0.4 is 4.74 Å². The summed E-state index contributed by atoms with van der Waals surface area (Å²) in [6.45, 7) is 4.09. The Hall–Kier alpha value is -1.74. The van der Waals surface area contributed by atoms with Gasteiger partial charge in [0.1, 0.15) is 5.75 Å². The molecule has 2 aromatic rings. The summed E-state index contributed by atoms with van der Waals surface area (Å²) in [4.78, 5) is 14.1. The van der Waals surface area contributed by atoms with Crippen LogP contribution in [0.25, 0.3) is 0 Å². The number of ketones is 1. The maximum absolute atomic E-state index is 13.0. The molecule has 0 aromatic heterocycles. The number of carbonyl (C=O) groups excluding carboxylic acids is 1. The zero-order valence-electron chi connectivity index (χ0n) is 12.5. The molecule has 0 amide bonds. The van der Waals surface area contributed by atoms with Crippen LogP contribution in [-0.2, 0) is 5.41 Å². The molecular weight excluding hydrogens is 280 g/mol. The van der Waals surface area contributed by atoms with Crippen molar-refractivity contribution < 1.29 is 9.53 Å². The predicted molar refractivity (Wildman–Crippen MR) is 86.6 cm³/mol. The van der Waals surface area contributed by atoms with E-state index in [-0.39, 0.29) is 5.78 Å². The molecule has 1 aliphatic rings. The molecule has 0 fully saturated rings. The highest BCUT2D eigenvalue weighted by Gasteiger charge is 2.40. The van der Waals surface area contributed by atoms with Crippen molar-refractivity contribution in [2.75, 3.05) is 12.9 Å². The third kappa shape index (κ3) is 2.36. The van der Waals surface area contributed by atoms with Gasteiger partial charge in [0.25, 0.3) is 0 Å². The van der Waals surface area contributed by atoms with Crippen molar-refractivity contribution in [2.24, 2.45) is 0 Å². The largest absolute Gasteiger partial charge is 0.497 e. The fraction of sp³-hybridized carbons (Fsp3) is 0.278. The van der Waals surface area contributed by atoms with Crippen LogP contribution in [0.3, 0.4) is 0 Å². The van der Waals surface area contributed by atoms with Gasteiger partial charge in [-0.15, -0.1) is 11.8 Å². The van der Waals surface area contributed by atoms with Gasteiger partial charge in [-0.1, -0.05) is 18.2 Å². The third-order valence-electron chi connectivity index (χ3n) is 4.13. The first-order valence-corrected chi connectivity index (χ1v) is 7.96. The number of hydrogen-bond acceptors (Lipinski definition) is 3. The zero-order chi connectivity index (χ0) is 15.0. The van der Waals surface area contributed by atoms with Crippen molar-refractivity contribution in [1.82, 2.24) is 0 Å². The normalized spacial score (nSPS) is 21.0. The Balaban J connectivity index is 2.02. The number of hydrogen-bond donors (Lipinski definition) is 0. The van der Waals surface area contributed by atoms with E-state index in [4.69, 9.17) is 4.74 Å². The van der Waals surface area contributed by atoms with Crippen LogP contribution in [-0.4, -0.2) is 18.6 Å². The second-order valence-electron chi connectivity index (χ2n) is 5.68. The predicted octanol–water partition coefficient (Wildman–Crippen LogP) is 4.25. The summed E-state index contributed by atoms with van der Waals surface area (Å²) in [6, 6.07) is 13.9. The molecule has 108 valence electrons. The molecule has 0 saturated carbocycles. The average molecular weight is 298 g/mol. The van der Waals surface area contributed by atoms with Gasteiger partial charge in [-0.2, -0.15) is 0 Å². The summed E-state index contributed by atoms with van der Waals surface area (Å²) in [5, 5.41) is 0. The van der Waals surface area contributed by atoms with Gasteiger partial charge in [0.15, 0.2) is 5.78 Å². The fourth-order valence-corrected chi connectivity index (χ4v) is 4.02. The van der Waals surface area contributed by atoms with Gasteiger partial charge in [0.05, 0.1) is 12.5 Å². The Morgan fingerprint density at radius 3 is 2.52 bits per heavy atom. The molecule has 1 unspecified atom stereocenters. The standard InChI is InChI=1S/C18H18O2S/c1-12-4-9-15-16(10-12)21-11-18(2,17(15)19)13-5-7-14(20-3)8-6-13/h4-10H,11H2,1-3H3. The van der Waals surface area contributed by atoms with E-state index in [1.807, 2.05) is 43.3 Å². The van der Waals surface area contributed by atoms with Crippen molar-refractivity contribution in [3.63, 3.8) is 0 Å². The molecule has 0 saturated heterocycles. The summed E-state index contributed by atoms with van der Waals surface area (Å²) in [6.07, 6.45) is 0. The maximum atomic E-state index is 13.0. The molecule has 0 bridgehead atoms. The number of Topliss-reactive ketones (excluding diaryl/α,β-unsaturated/α-hetero) is 1. The van der Waals surface area contributed by atoms with E-state index in [1.54, 1.807) is 18.9 Å². The molecule has 2 aromatic carbocycles. The second kappa shape index (κ2) is 5.23. The van der Waals surface area contributed by atoms with Gasteiger partial charge in [-0.25, -0.2) is 0 Å². The van der Waals surface area contributed by atoms with Crippen LogP contribution >= 0.6 is 11.8 Å². The minimum absolute atomic E-state index is 0.210. The van der Waals surface area contributed by atoms with Crippen molar-refractivity contribution >= 4 is 17.5 Å². The lowest BCUT2D eigenvalue weighted by atomic mass is 9.77. The zero-order valence-corrected chi connectivity index (χ0v) is 13.3. The van der Waals surface area contributed by atoms with Gasteiger partial charge in [-0.05, 0) is 49.2 Å². The van der Waals surface area contributed by atoms with Crippen LogP contribution in [0.4, 0.5) is 0 Å². The summed E-state index contributed by atoms with van der Waals surface area (Å²) < 4.78 is 5.20. The van der Waals surface area contributed by atoms with E-state index in [1.165, 1.54) is 5.56 Å². The first-order valence-electron chi connectivity index (χ1n) is 6.97. The third-order valence-corrected chi connectivity index (χ3v) is 5.50. The van der Waals surface area contributed by atoms with Gasteiger partial charge in [-0.3, -0.25) is 4.79 Å². The molecule has 0 radical (unpaired) electrons. The monoisotopic (exact) mass is 298 g/mol. The number of benzene rings is 2. The topological polar surface area (TPSA) is 26.3 Å². The molecule has 1 atom stereocenters. The molecule has 3 heteroatoms. The van der Waals surface area contributed by atoms with E-state index in [0.29, 0.717) is 0 Å². The number of carbonyl (C=O) groups is 1. The fourth-order valence-electron chi connectivity index (χ4n) is 2.69. The molecule has 3 rings (SSSR count). The lowest BCUT2D eigenvalue weighted by Crippen LogP contribution is -2.38. The smallest absolute Gasteiger partial charge is 0.175 e. The molecule has 0 aliphatic carbocycles. The number of rotatable bonds is 2. The average Bonchev–Trinajstić information content (AvgIpc) is 2.51. The molecule has 1 heterocycles. The number of ether oxygens (including phenoxy) is 1. The lowest BCUT2D eigenvalue weighted by Gasteiger charge is -2.33. The Labute approximate surface area is 129 Å². The summed E-state index contributed by atoms with van der Waals surface area (Å²) in [5.74, 6) is 1.80. The minimum Gasteiger partial charge on any atom is -0.497 e. The lowest BCUT2D eigenvalue weighted by molar-refractivity contribution is 0.0906. The van der Waals surface area contributed by atoms with Crippen molar-refractivity contribution in [3.8, 4) is 5.75 Å². The van der Waals surface area contributed by atoms with Crippen LogP contribution in [0.1, 0.15) is 28.4 Å². The summed E-state index contributed by atoms with van der Waals surface area (Å²) in [5.41, 5.74) is 2.61. The Morgan fingerprint density at radius 1 is 1.14 bits per heavy atom. The molecule has 2 nitrogen and oxygen atoms in total. The number of aryl methyl sites for hydroxylation is 1. The van der Waals surface area contributed by atoms with E-state index in [9.17, 15) is 4.79 Å². The molecule has 0 spiro atoms. The highest BCUT2D eigenvalue weighted by molar-refractivity contribution is 7.99. The van der Waals surface area contributed by atoms with Crippen LogP contribution in [0.2, 0.25) is 0 Å². The Bertz CT molecular complexity index is 691. The number of methoxy groups -OCH3 is 1. The number of thioether (sulfide) groups is 1. The molecule has 0 N–H and O–H groups in total. The van der Waals surface area contributed by atoms with Gasteiger partial charge < -0.3 is 4.74 Å². The minimum atomic E-state index is -0.473. The van der Waals surface area contributed by atoms with Crippen LogP contribution in [0.5, 0.6) is 5.75 Å². The highest BCUT2D eigenvalue weighted by atomic mass is 32.2. The van der Waals surface area contributed by atoms with E-state index in [0.717, 1.165) is 27.5 Å². The van der Waals surface area contributed by atoms with Gasteiger partial charge in [0, 0.05) is 16.2 Å². The van der Waals surface area contributed by atoms with Gasteiger partial charge >= 0.3 is 0 Å². The summed E-state index contributed by atoms with van der Waals surface area (Å²) >= 11 is 1.77. The second-order valence-corrected chi connectivity index (χ2v) is 6.70. The first-order chi connectivity index (χ1) is 10.0. The maximum Gasteiger partial charge on any atom is 0.175 e. The first kappa shape index (κ1) is 14.2.